The monoisotopic (exact) mass is 333 g/mol. The molecule has 4 heteroatoms. The van der Waals surface area contributed by atoms with Gasteiger partial charge in [-0.1, -0.05) is 43.3 Å². The first kappa shape index (κ1) is 14.6. The lowest BCUT2D eigenvalue weighted by Crippen LogP contribution is -2.22. The lowest BCUT2D eigenvalue weighted by molar-refractivity contribution is -0.138. The summed E-state index contributed by atoms with van der Waals surface area (Å²) >= 11 is 3.43. The molecule has 0 spiro atoms. The van der Waals surface area contributed by atoms with Crippen LogP contribution in [0.3, 0.4) is 0 Å². The molecule has 0 aromatic heterocycles. The van der Waals surface area contributed by atoms with Gasteiger partial charge in [0, 0.05) is 10.2 Å². The number of para-hydroxylation sites is 1. The molecule has 0 radical (unpaired) electrons. The van der Waals surface area contributed by atoms with E-state index in [2.05, 4.69) is 21.2 Å². The first-order valence-corrected chi connectivity index (χ1v) is 7.24. The van der Waals surface area contributed by atoms with Gasteiger partial charge < -0.3 is 10.4 Å². The minimum absolute atomic E-state index is 0.759. The van der Waals surface area contributed by atoms with Gasteiger partial charge in [-0.2, -0.15) is 0 Å². The summed E-state index contributed by atoms with van der Waals surface area (Å²) in [7, 11) is 0. The highest BCUT2D eigenvalue weighted by atomic mass is 79.9. The highest BCUT2D eigenvalue weighted by Crippen LogP contribution is 2.28. The number of aliphatic carboxylic acids is 1. The summed E-state index contributed by atoms with van der Waals surface area (Å²) < 4.78 is 0.847. The van der Waals surface area contributed by atoms with E-state index in [1.165, 1.54) is 0 Å². The molecular formula is C16H16BrNO2. The molecule has 2 N–H and O–H groups in total. The standard InChI is InChI=1S/C16H16BrNO2/c1-2-11-7-3-4-8-12(11)15(16(19)20)18-14-10-6-5-9-13(14)17/h3-10,15,18H,2H2,1H3,(H,19,20). The molecule has 0 heterocycles. The molecule has 0 saturated carbocycles. The largest absolute Gasteiger partial charge is 0.479 e. The van der Waals surface area contributed by atoms with Gasteiger partial charge in [0.2, 0.25) is 0 Å². The molecular weight excluding hydrogens is 318 g/mol. The Morgan fingerprint density at radius 2 is 1.85 bits per heavy atom. The number of rotatable bonds is 5. The van der Waals surface area contributed by atoms with Crippen molar-refractivity contribution < 1.29 is 9.90 Å². The first-order chi connectivity index (χ1) is 9.63. The van der Waals surface area contributed by atoms with E-state index in [1.54, 1.807) is 0 Å². The quantitative estimate of drug-likeness (QED) is 0.859. The third-order valence-electron chi connectivity index (χ3n) is 3.17. The fraction of sp³-hybridized carbons (Fsp3) is 0.188. The third-order valence-corrected chi connectivity index (χ3v) is 3.86. The van der Waals surface area contributed by atoms with E-state index in [4.69, 9.17) is 0 Å². The van der Waals surface area contributed by atoms with Crippen molar-refractivity contribution >= 4 is 27.6 Å². The van der Waals surface area contributed by atoms with Gasteiger partial charge in [-0.3, -0.25) is 0 Å². The average molecular weight is 334 g/mol. The first-order valence-electron chi connectivity index (χ1n) is 6.45. The van der Waals surface area contributed by atoms with E-state index in [1.807, 2.05) is 55.5 Å². The normalized spacial score (nSPS) is 11.9. The van der Waals surface area contributed by atoms with Crippen LogP contribution in [0, 0.1) is 0 Å². The summed E-state index contributed by atoms with van der Waals surface area (Å²) in [5.74, 6) is -0.887. The van der Waals surface area contributed by atoms with E-state index in [-0.39, 0.29) is 0 Å². The van der Waals surface area contributed by atoms with Crippen molar-refractivity contribution in [2.24, 2.45) is 0 Å². The number of anilines is 1. The molecule has 0 amide bonds. The Balaban J connectivity index is 2.37. The Kier molecular flexibility index (Phi) is 4.79. The molecule has 2 aromatic rings. The highest BCUT2D eigenvalue weighted by Gasteiger charge is 2.22. The van der Waals surface area contributed by atoms with Crippen molar-refractivity contribution in [2.45, 2.75) is 19.4 Å². The lowest BCUT2D eigenvalue weighted by atomic mass is 9.98. The highest BCUT2D eigenvalue weighted by molar-refractivity contribution is 9.10. The Labute approximate surface area is 126 Å². The maximum absolute atomic E-state index is 11.6. The zero-order chi connectivity index (χ0) is 14.5. The maximum Gasteiger partial charge on any atom is 0.330 e. The van der Waals surface area contributed by atoms with Crippen LogP contribution in [0.4, 0.5) is 5.69 Å². The van der Waals surface area contributed by atoms with Gasteiger partial charge in [-0.15, -0.1) is 0 Å². The fourth-order valence-electron chi connectivity index (χ4n) is 2.14. The summed E-state index contributed by atoms with van der Waals surface area (Å²) in [6, 6.07) is 14.4. The molecule has 0 saturated heterocycles. The zero-order valence-corrected chi connectivity index (χ0v) is 12.7. The third kappa shape index (κ3) is 3.20. The molecule has 0 aliphatic heterocycles. The molecule has 2 rings (SSSR count). The number of benzene rings is 2. The van der Waals surface area contributed by atoms with Gasteiger partial charge in [0.05, 0.1) is 0 Å². The van der Waals surface area contributed by atoms with Gasteiger partial charge >= 0.3 is 5.97 Å². The van der Waals surface area contributed by atoms with Gasteiger partial charge in [-0.05, 0) is 45.6 Å². The molecule has 0 fully saturated rings. The average Bonchev–Trinajstić information content (AvgIpc) is 2.46. The van der Waals surface area contributed by atoms with Crippen LogP contribution < -0.4 is 5.32 Å². The van der Waals surface area contributed by atoms with Crippen LogP contribution in [0.25, 0.3) is 0 Å². The van der Waals surface area contributed by atoms with E-state index < -0.39 is 12.0 Å². The topological polar surface area (TPSA) is 49.3 Å². The molecule has 104 valence electrons. The Morgan fingerprint density at radius 3 is 2.50 bits per heavy atom. The SMILES string of the molecule is CCc1ccccc1C(Nc1ccccc1Br)C(=O)O. The number of halogens is 1. The molecule has 1 unspecified atom stereocenters. The Hall–Kier alpha value is -1.81. The van der Waals surface area contributed by atoms with Crippen LogP contribution in [0.5, 0.6) is 0 Å². The van der Waals surface area contributed by atoms with Crippen LogP contribution >= 0.6 is 15.9 Å². The minimum atomic E-state index is -0.887. The summed E-state index contributed by atoms with van der Waals surface area (Å²) in [6.45, 7) is 2.02. The summed E-state index contributed by atoms with van der Waals surface area (Å²) in [6.07, 6.45) is 0.803. The van der Waals surface area contributed by atoms with Crippen molar-refractivity contribution in [1.82, 2.24) is 0 Å². The van der Waals surface area contributed by atoms with Crippen molar-refractivity contribution in [3.63, 3.8) is 0 Å². The number of hydrogen-bond donors (Lipinski definition) is 2. The van der Waals surface area contributed by atoms with Crippen LogP contribution in [-0.4, -0.2) is 11.1 Å². The Morgan fingerprint density at radius 1 is 1.20 bits per heavy atom. The van der Waals surface area contributed by atoms with Gasteiger partial charge in [0.1, 0.15) is 0 Å². The second-order valence-electron chi connectivity index (χ2n) is 4.45. The second kappa shape index (κ2) is 6.57. The number of hydrogen-bond acceptors (Lipinski definition) is 2. The van der Waals surface area contributed by atoms with Crippen molar-refractivity contribution in [1.29, 1.82) is 0 Å². The van der Waals surface area contributed by atoms with Crippen LogP contribution in [0.1, 0.15) is 24.1 Å². The molecule has 2 aromatic carbocycles. The minimum Gasteiger partial charge on any atom is -0.479 e. The summed E-state index contributed by atoms with van der Waals surface area (Å²) in [5.41, 5.74) is 2.61. The summed E-state index contributed by atoms with van der Waals surface area (Å²) in [5, 5.41) is 12.6. The Bertz CT molecular complexity index is 613. The zero-order valence-electron chi connectivity index (χ0n) is 11.1. The van der Waals surface area contributed by atoms with Crippen LogP contribution in [-0.2, 0) is 11.2 Å². The number of aryl methyl sites for hydroxylation is 1. The maximum atomic E-state index is 11.6. The number of carboxylic acids is 1. The van der Waals surface area contributed by atoms with Gasteiger partial charge in [-0.25, -0.2) is 4.79 Å². The van der Waals surface area contributed by atoms with E-state index in [0.717, 1.165) is 27.7 Å². The predicted octanol–water partition coefficient (Wildman–Crippen LogP) is 4.25. The van der Waals surface area contributed by atoms with Crippen molar-refractivity contribution in [3.8, 4) is 0 Å². The lowest BCUT2D eigenvalue weighted by Gasteiger charge is -2.19. The van der Waals surface area contributed by atoms with Gasteiger partial charge in [0.25, 0.3) is 0 Å². The van der Waals surface area contributed by atoms with Crippen LogP contribution in [0.15, 0.2) is 53.0 Å². The number of carboxylic acid groups (broad SMARTS) is 1. The molecule has 0 aliphatic rings. The predicted molar refractivity (Wildman–Crippen MR) is 84.0 cm³/mol. The smallest absolute Gasteiger partial charge is 0.330 e. The van der Waals surface area contributed by atoms with Crippen molar-refractivity contribution in [2.75, 3.05) is 5.32 Å². The van der Waals surface area contributed by atoms with Gasteiger partial charge in [0.15, 0.2) is 6.04 Å². The molecule has 0 bridgehead atoms. The number of nitrogens with one attached hydrogen (secondary N) is 1. The summed E-state index contributed by atoms with van der Waals surface area (Å²) in [4.78, 5) is 11.6. The second-order valence-corrected chi connectivity index (χ2v) is 5.30. The molecule has 0 aliphatic carbocycles. The number of carbonyl (C=O) groups is 1. The van der Waals surface area contributed by atoms with Crippen LogP contribution in [0.2, 0.25) is 0 Å². The molecule has 20 heavy (non-hydrogen) atoms. The van der Waals surface area contributed by atoms with Crippen molar-refractivity contribution in [3.05, 3.63) is 64.1 Å². The van der Waals surface area contributed by atoms with E-state index in [9.17, 15) is 9.90 Å². The molecule has 1 atom stereocenters. The van der Waals surface area contributed by atoms with E-state index in [0.29, 0.717) is 0 Å². The molecule has 3 nitrogen and oxygen atoms in total. The fourth-order valence-corrected chi connectivity index (χ4v) is 2.54. The van der Waals surface area contributed by atoms with E-state index >= 15 is 0 Å².